The lowest BCUT2D eigenvalue weighted by Gasteiger charge is -2.11. The molecule has 2 atom stereocenters. The molecule has 0 bridgehead atoms. The Morgan fingerprint density at radius 2 is 1.78 bits per heavy atom. The number of hydrogen-bond acceptors (Lipinski definition) is 5. The van der Waals surface area contributed by atoms with Crippen molar-refractivity contribution in [2.24, 2.45) is 5.92 Å². The van der Waals surface area contributed by atoms with E-state index in [0.29, 0.717) is 5.56 Å². The number of allylic oxidation sites excluding steroid dienone is 1. The van der Waals surface area contributed by atoms with Gasteiger partial charge >= 0.3 is 5.97 Å². The number of hydrogen-bond donors (Lipinski definition) is 0. The Morgan fingerprint density at radius 1 is 1.19 bits per heavy atom. The third kappa shape index (κ3) is 5.59. The topological polar surface area (TPSA) is 69.7 Å². The molecule has 5 nitrogen and oxygen atoms in total. The molecule has 150 valence electrons. The Bertz CT molecular complexity index is 764. The third-order valence-corrected chi connectivity index (χ3v) is 6.12. The molecule has 0 heterocycles. The van der Waals surface area contributed by atoms with Crippen LogP contribution in [0.1, 0.15) is 25.3 Å². The predicted octanol–water partition coefficient (Wildman–Crippen LogP) is 3.14. The van der Waals surface area contributed by atoms with Gasteiger partial charge in [-0.2, -0.15) is 0 Å². The van der Waals surface area contributed by atoms with Gasteiger partial charge in [-0.05, 0) is 43.4 Å². The largest absolute Gasteiger partial charge is 0.462 e. The molecule has 0 amide bonds. The van der Waals surface area contributed by atoms with E-state index < -0.39 is 34.1 Å². The fraction of sp³-hybridized carbons (Fsp3) is 0.526. The molecule has 0 aliphatic heterocycles. The molecule has 0 radical (unpaired) electrons. The Hall–Kier alpha value is -1.80. The van der Waals surface area contributed by atoms with Crippen LogP contribution in [-0.2, 0) is 24.1 Å². The number of benzene rings is 1. The number of sulfone groups is 1. The summed E-state index contributed by atoms with van der Waals surface area (Å²) in [6, 6.07) is 5.80. The maximum Gasteiger partial charge on any atom is 0.338 e. The van der Waals surface area contributed by atoms with E-state index in [-0.39, 0.29) is 42.3 Å². The number of esters is 1. The number of rotatable bonds is 8. The zero-order chi connectivity index (χ0) is 20.0. The summed E-state index contributed by atoms with van der Waals surface area (Å²) in [6.45, 7) is 1.89. The van der Waals surface area contributed by atoms with E-state index in [1.807, 2.05) is 0 Å². The molecule has 1 fully saturated rings. The minimum atomic E-state index is -3.49. The van der Waals surface area contributed by atoms with Crippen molar-refractivity contribution in [3.05, 3.63) is 35.9 Å². The number of carbonyl (C=O) groups excluding carboxylic acids is 1. The van der Waals surface area contributed by atoms with Gasteiger partial charge in [0.05, 0.1) is 29.4 Å². The number of methoxy groups -OCH3 is 1. The summed E-state index contributed by atoms with van der Waals surface area (Å²) < 4.78 is 61.1. The summed E-state index contributed by atoms with van der Waals surface area (Å²) in [6.07, 6.45) is -1.54. The number of ether oxygens (including phenoxy) is 2. The quantitative estimate of drug-likeness (QED) is 0.494. The number of carbonyl (C=O) groups is 1. The maximum atomic E-state index is 13.5. The van der Waals surface area contributed by atoms with Gasteiger partial charge in [-0.15, -0.1) is 0 Å². The molecule has 2 unspecified atom stereocenters. The van der Waals surface area contributed by atoms with E-state index >= 15 is 0 Å². The van der Waals surface area contributed by atoms with Crippen LogP contribution in [0.15, 0.2) is 35.2 Å². The van der Waals surface area contributed by atoms with Crippen LogP contribution in [0.2, 0.25) is 0 Å². The molecule has 8 heteroatoms. The lowest BCUT2D eigenvalue weighted by molar-refractivity contribution is -0.136. The standard InChI is InChI=1S/C19H24F2O5S/c1-3-26-19(22)16(10-13-11-17(20)18(21)12-13)14-4-6-15(7-5-14)27(23,24)9-8-25-2/h4-7,10,13,17-18H,3,8-9,11-12H2,1-2H3/b16-10+. The molecule has 1 aromatic carbocycles. The fourth-order valence-electron chi connectivity index (χ4n) is 2.99. The van der Waals surface area contributed by atoms with Gasteiger partial charge in [0.15, 0.2) is 9.84 Å². The van der Waals surface area contributed by atoms with Crippen molar-refractivity contribution in [2.75, 3.05) is 26.1 Å². The second kappa shape index (κ2) is 9.41. The minimum absolute atomic E-state index is 0.00749. The smallest absolute Gasteiger partial charge is 0.338 e. The van der Waals surface area contributed by atoms with Gasteiger partial charge in [0.25, 0.3) is 0 Å². The van der Waals surface area contributed by atoms with Crippen LogP contribution >= 0.6 is 0 Å². The second-order valence-corrected chi connectivity index (χ2v) is 8.51. The van der Waals surface area contributed by atoms with Crippen LogP contribution < -0.4 is 0 Å². The number of halogens is 2. The first-order chi connectivity index (χ1) is 12.8. The van der Waals surface area contributed by atoms with Gasteiger partial charge in [0.1, 0.15) is 12.3 Å². The SMILES string of the molecule is CCOC(=O)/C(=C/C1CC(F)C(F)C1)c1ccc(S(=O)(=O)CCOC)cc1. The van der Waals surface area contributed by atoms with Crippen molar-refractivity contribution >= 4 is 21.4 Å². The van der Waals surface area contributed by atoms with Gasteiger partial charge in [-0.1, -0.05) is 18.2 Å². The van der Waals surface area contributed by atoms with Crippen molar-refractivity contribution in [2.45, 2.75) is 37.0 Å². The highest BCUT2D eigenvalue weighted by Crippen LogP contribution is 2.34. The van der Waals surface area contributed by atoms with E-state index in [9.17, 15) is 22.0 Å². The summed E-state index contributed by atoms with van der Waals surface area (Å²) in [5.41, 5.74) is 0.626. The molecule has 1 aromatic rings. The second-order valence-electron chi connectivity index (χ2n) is 6.40. The Labute approximate surface area is 158 Å². The summed E-state index contributed by atoms with van der Waals surface area (Å²) in [5.74, 6) is -1.17. The highest BCUT2D eigenvalue weighted by atomic mass is 32.2. The van der Waals surface area contributed by atoms with Gasteiger partial charge in [-0.3, -0.25) is 0 Å². The molecule has 0 N–H and O–H groups in total. The predicted molar refractivity (Wildman–Crippen MR) is 97.5 cm³/mol. The van der Waals surface area contributed by atoms with Crippen LogP contribution in [0, 0.1) is 5.92 Å². The first-order valence-corrected chi connectivity index (χ1v) is 10.4. The zero-order valence-corrected chi connectivity index (χ0v) is 16.2. The minimum Gasteiger partial charge on any atom is -0.462 e. The van der Waals surface area contributed by atoms with E-state index in [0.717, 1.165) is 0 Å². The van der Waals surface area contributed by atoms with Gasteiger partial charge in [-0.25, -0.2) is 22.0 Å². The molecular formula is C19H24F2O5S. The fourth-order valence-corrected chi connectivity index (χ4v) is 4.16. The third-order valence-electron chi connectivity index (χ3n) is 4.43. The molecule has 0 spiro atoms. The molecular weight excluding hydrogens is 378 g/mol. The first kappa shape index (κ1) is 21.5. The van der Waals surface area contributed by atoms with Crippen LogP contribution in [0.25, 0.3) is 5.57 Å². The lowest BCUT2D eigenvalue weighted by atomic mass is 9.98. The molecule has 1 aliphatic carbocycles. The summed E-state index contributed by atoms with van der Waals surface area (Å²) in [4.78, 5) is 12.4. The zero-order valence-electron chi connectivity index (χ0n) is 15.4. The van der Waals surface area contributed by atoms with Gasteiger partial charge in [0, 0.05) is 7.11 Å². The van der Waals surface area contributed by atoms with Crippen LogP contribution in [0.3, 0.4) is 0 Å². The first-order valence-electron chi connectivity index (χ1n) is 8.77. The summed E-state index contributed by atoms with van der Waals surface area (Å²) >= 11 is 0. The van der Waals surface area contributed by atoms with Crippen LogP contribution in [0.4, 0.5) is 8.78 Å². The van der Waals surface area contributed by atoms with E-state index in [2.05, 4.69) is 0 Å². The van der Waals surface area contributed by atoms with Crippen LogP contribution in [-0.4, -0.2) is 52.8 Å². The Balaban J connectivity index is 2.29. The maximum absolute atomic E-state index is 13.5. The van der Waals surface area contributed by atoms with Gasteiger partial charge in [0.2, 0.25) is 0 Å². The Morgan fingerprint density at radius 3 is 2.30 bits per heavy atom. The van der Waals surface area contributed by atoms with Gasteiger partial charge < -0.3 is 9.47 Å². The molecule has 27 heavy (non-hydrogen) atoms. The van der Waals surface area contributed by atoms with E-state index in [4.69, 9.17) is 9.47 Å². The molecule has 1 saturated carbocycles. The van der Waals surface area contributed by atoms with Crippen molar-refractivity contribution in [1.82, 2.24) is 0 Å². The highest BCUT2D eigenvalue weighted by molar-refractivity contribution is 7.91. The van der Waals surface area contributed by atoms with Crippen LogP contribution in [0.5, 0.6) is 0 Å². The van der Waals surface area contributed by atoms with Crippen molar-refractivity contribution in [3.63, 3.8) is 0 Å². The average Bonchev–Trinajstić information content (AvgIpc) is 2.96. The van der Waals surface area contributed by atoms with Crippen molar-refractivity contribution < 1.29 is 31.5 Å². The molecule has 2 rings (SSSR count). The molecule has 1 aliphatic rings. The normalized spacial score (nSPS) is 23.4. The highest BCUT2D eigenvalue weighted by Gasteiger charge is 2.34. The average molecular weight is 402 g/mol. The Kier molecular flexibility index (Phi) is 7.49. The lowest BCUT2D eigenvalue weighted by Crippen LogP contribution is -2.12. The molecule has 0 aromatic heterocycles. The summed E-state index contributed by atoms with van der Waals surface area (Å²) in [7, 11) is -2.07. The van der Waals surface area contributed by atoms with E-state index in [1.165, 1.54) is 37.5 Å². The monoisotopic (exact) mass is 402 g/mol. The van der Waals surface area contributed by atoms with E-state index in [1.54, 1.807) is 6.92 Å². The molecule has 0 saturated heterocycles. The number of alkyl halides is 2. The van der Waals surface area contributed by atoms with Crippen molar-refractivity contribution in [3.8, 4) is 0 Å². The van der Waals surface area contributed by atoms with Crippen molar-refractivity contribution in [1.29, 1.82) is 0 Å². The summed E-state index contributed by atoms with van der Waals surface area (Å²) in [5, 5.41) is 0.